The maximum absolute atomic E-state index is 2.58. The van der Waals surface area contributed by atoms with E-state index in [1.807, 2.05) is 0 Å². The lowest BCUT2D eigenvalue weighted by atomic mass is 10.0. The second-order valence-electron chi connectivity index (χ2n) is 13.8. The Balaban J connectivity index is 1.98. The van der Waals surface area contributed by atoms with Crippen molar-refractivity contribution in [3.05, 3.63) is 18.2 Å². The molecule has 0 fully saturated rings. The van der Waals surface area contributed by atoms with Crippen molar-refractivity contribution in [2.24, 2.45) is 0 Å². The highest BCUT2D eigenvalue weighted by molar-refractivity contribution is 4.84. The molecule has 0 bridgehead atoms. The molecule has 1 heterocycles. The first-order valence-electron chi connectivity index (χ1n) is 19.9. The monoisotopic (exact) mass is 588 g/mol. The minimum absolute atomic E-state index is 1.22. The van der Waals surface area contributed by atoms with Crippen LogP contribution in [0.5, 0.6) is 0 Å². The van der Waals surface area contributed by atoms with Crippen molar-refractivity contribution in [1.82, 2.24) is 4.57 Å². The highest BCUT2D eigenvalue weighted by Crippen LogP contribution is 2.15. The molecular weight excluding hydrogens is 508 g/mol. The van der Waals surface area contributed by atoms with Crippen molar-refractivity contribution in [2.75, 3.05) is 0 Å². The summed E-state index contributed by atoms with van der Waals surface area (Å²) >= 11 is 0. The smallest absolute Gasteiger partial charge is 0.234 e. The van der Waals surface area contributed by atoms with Crippen molar-refractivity contribution in [1.29, 1.82) is 0 Å². The maximum atomic E-state index is 2.58. The zero-order valence-corrected chi connectivity index (χ0v) is 29.6. The lowest BCUT2D eigenvalue weighted by Crippen LogP contribution is -2.37. The third-order valence-electron chi connectivity index (χ3n) is 9.57. The zero-order valence-electron chi connectivity index (χ0n) is 29.6. The molecule has 0 spiro atoms. The van der Waals surface area contributed by atoms with Gasteiger partial charge in [-0.25, -0.2) is 9.13 Å². The molecular formula is C40H79N2+. The predicted molar refractivity (Wildman–Crippen MR) is 188 cm³/mol. The third kappa shape index (κ3) is 23.6. The standard InChI is InChI=1S/C40H79N2/c1-4-7-9-11-13-15-17-19-20-21-22-24-26-28-30-32-34-37-42-39-38-41(40(42)35-6-3)36-33-31-29-27-25-23-18-16-14-12-10-8-5-2/h38-39H,4-37H2,1-3H3/q+1. The molecule has 0 saturated carbocycles. The molecule has 1 aromatic rings. The van der Waals surface area contributed by atoms with Crippen LogP contribution in [0.1, 0.15) is 226 Å². The van der Waals surface area contributed by atoms with E-state index in [0.29, 0.717) is 0 Å². The SMILES string of the molecule is CCCCCCCCCCCCCCCCCCCn1cc[n+](CCCCCCCCCCCCCCC)c1CCC. The van der Waals surface area contributed by atoms with Crippen molar-refractivity contribution in [3.8, 4) is 0 Å². The van der Waals surface area contributed by atoms with Gasteiger partial charge in [0, 0.05) is 6.42 Å². The van der Waals surface area contributed by atoms with Crippen LogP contribution in [-0.4, -0.2) is 4.57 Å². The molecule has 1 rings (SSSR count). The van der Waals surface area contributed by atoms with Gasteiger partial charge in [0.15, 0.2) is 0 Å². The molecule has 0 unspecified atom stereocenters. The Morgan fingerprint density at radius 2 is 0.738 bits per heavy atom. The van der Waals surface area contributed by atoms with Gasteiger partial charge in [0.2, 0.25) is 0 Å². The topological polar surface area (TPSA) is 8.81 Å². The molecule has 0 aromatic carbocycles. The lowest BCUT2D eigenvalue weighted by Gasteiger charge is -2.06. The first-order chi connectivity index (χ1) is 20.8. The summed E-state index contributed by atoms with van der Waals surface area (Å²) in [6.45, 7) is 9.39. The van der Waals surface area contributed by atoms with Crippen LogP contribution in [0.4, 0.5) is 0 Å². The molecule has 0 amide bonds. The van der Waals surface area contributed by atoms with Crippen LogP contribution < -0.4 is 4.57 Å². The van der Waals surface area contributed by atoms with Gasteiger partial charge in [-0.2, -0.15) is 0 Å². The van der Waals surface area contributed by atoms with E-state index < -0.39 is 0 Å². The van der Waals surface area contributed by atoms with Gasteiger partial charge >= 0.3 is 0 Å². The summed E-state index contributed by atoms with van der Waals surface area (Å²) in [4.78, 5) is 0. The van der Waals surface area contributed by atoms with Crippen LogP contribution in [-0.2, 0) is 19.5 Å². The molecule has 42 heavy (non-hydrogen) atoms. The number of imidazole rings is 1. The first-order valence-corrected chi connectivity index (χ1v) is 19.9. The minimum atomic E-state index is 1.22. The molecule has 0 atom stereocenters. The molecule has 1 aromatic heterocycles. The van der Waals surface area contributed by atoms with Gasteiger partial charge in [-0.05, 0) is 32.1 Å². The van der Waals surface area contributed by atoms with Crippen molar-refractivity contribution >= 4 is 0 Å². The summed E-state index contributed by atoms with van der Waals surface area (Å²) in [5.41, 5.74) is 0. The van der Waals surface area contributed by atoms with E-state index in [-0.39, 0.29) is 0 Å². The highest BCUT2D eigenvalue weighted by Gasteiger charge is 2.15. The first kappa shape index (κ1) is 39.2. The summed E-state index contributed by atoms with van der Waals surface area (Å²) in [5, 5.41) is 0. The molecule has 0 aliphatic heterocycles. The Kier molecular flexibility index (Phi) is 29.5. The normalized spacial score (nSPS) is 11.6. The number of hydrogen-bond donors (Lipinski definition) is 0. The average Bonchev–Trinajstić information content (AvgIpc) is 3.38. The molecule has 2 heteroatoms. The maximum Gasteiger partial charge on any atom is 0.256 e. The summed E-state index contributed by atoms with van der Waals surface area (Å²) in [5.74, 6) is 1.58. The second-order valence-corrected chi connectivity index (χ2v) is 13.8. The van der Waals surface area contributed by atoms with Crippen molar-refractivity contribution in [2.45, 2.75) is 239 Å². The quantitative estimate of drug-likeness (QED) is 0.0560. The number of rotatable bonds is 34. The Labute approximate surface area is 266 Å². The number of unbranched alkanes of at least 4 members (excludes halogenated alkanes) is 28. The lowest BCUT2D eigenvalue weighted by molar-refractivity contribution is -0.704. The van der Waals surface area contributed by atoms with Crippen LogP contribution in [0.25, 0.3) is 0 Å². The number of nitrogens with zero attached hydrogens (tertiary/aromatic N) is 2. The minimum Gasteiger partial charge on any atom is -0.234 e. The van der Waals surface area contributed by atoms with Crippen molar-refractivity contribution in [3.63, 3.8) is 0 Å². The number of aryl methyl sites for hydroxylation is 2. The molecule has 0 aliphatic rings. The van der Waals surface area contributed by atoms with Gasteiger partial charge in [-0.3, -0.25) is 0 Å². The molecule has 0 radical (unpaired) electrons. The van der Waals surface area contributed by atoms with Gasteiger partial charge in [-0.15, -0.1) is 0 Å². The molecule has 0 saturated heterocycles. The number of hydrogen-bond acceptors (Lipinski definition) is 0. The van der Waals surface area contributed by atoms with Gasteiger partial charge in [0.05, 0.1) is 13.1 Å². The number of aromatic nitrogens is 2. The predicted octanol–water partition coefficient (Wildman–Crippen LogP) is 13.5. The van der Waals surface area contributed by atoms with Crippen LogP contribution in [0.2, 0.25) is 0 Å². The Bertz CT molecular complexity index is 648. The molecule has 2 nitrogen and oxygen atoms in total. The van der Waals surface area contributed by atoms with Gasteiger partial charge in [0.1, 0.15) is 12.4 Å². The molecule has 0 aliphatic carbocycles. The third-order valence-corrected chi connectivity index (χ3v) is 9.57. The molecule has 248 valence electrons. The summed E-state index contributed by atoms with van der Waals surface area (Å²) in [6.07, 6.45) is 50.5. The summed E-state index contributed by atoms with van der Waals surface area (Å²) in [7, 11) is 0. The van der Waals surface area contributed by atoms with Gasteiger partial charge in [0.25, 0.3) is 5.82 Å². The van der Waals surface area contributed by atoms with E-state index in [9.17, 15) is 0 Å². The van der Waals surface area contributed by atoms with E-state index in [4.69, 9.17) is 0 Å². The highest BCUT2D eigenvalue weighted by atomic mass is 15.1. The van der Waals surface area contributed by atoms with Gasteiger partial charge in [-0.1, -0.05) is 188 Å². The Hall–Kier alpha value is -0.790. The van der Waals surface area contributed by atoms with E-state index in [0.717, 1.165) is 0 Å². The van der Waals surface area contributed by atoms with E-state index in [1.165, 1.54) is 219 Å². The van der Waals surface area contributed by atoms with E-state index in [1.54, 1.807) is 5.82 Å². The fourth-order valence-electron chi connectivity index (χ4n) is 6.72. The van der Waals surface area contributed by atoms with Crippen molar-refractivity contribution < 1.29 is 4.57 Å². The zero-order chi connectivity index (χ0) is 30.2. The molecule has 0 N–H and O–H groups in total. The van der Waals surface area contributed by atoms with Crippen LogP contribution in [0.15, 0.2) is 12.4 Å². The average molecular weight is 588 g/mol. The van der Waals surface area contributed by atoms with Crippen LogP contribution in [0.3, 0.4) is 0 Å². The summed E-state index contributed by atoms with van der Waals surface area (Å²) in [6, 6.07) is 0. The fraction of sp³-hybridized carbons (Fsp3) is 0.925. The van der Waals surface area contributed by atoms with E-state index >= 15 is 0 Å². The van der Waals surface area contributed by atoms with Crippen LogP contribution >= 0.6 is 0 Å². The largest absolute Gasteiger partial charge is 0.256 e. The second kappa shape index (κ2) is 31.6. The van der Waals surface area contributed by atoms with Crippen LogP contribution in [0, 0.1) is 0 Å². The summed E-state index contributed by atoms with van der Waals surface area (Å²) < 4.78 is 5.16. The fourth-order valence-corrected chi connectivity index (χ4v) is 6.72. The Morgan fingerprint density at radius 3 is 1.10 bits per heavy atom. The Morgan fingerprint density at radius 1 is 0.405 bits per heavy atom. The van der Waals surface area contributed by atoms with E-state index in [2.05, 4.69) is 42.3 Å². The van der Waals surface area contributed by atoms with Gasteiger partial charge < -0.3 is 0 Å².